The molecule has 0 N–H and O–H groups in total. The number of aryl methyl sites for hydroxylation is 2. The largest absolute Gasteiger partial charge is 0.332 e. The van der Waals surface area contributed by atoms with Crippen molar-refractivity contribution in [1.29, 1.82) is 0 Å². The molecule has 0 aliphatic carbocycles. The van der Waals surface area contributed by atoms with E-state index >= 15 is 0 Å². The van der Waals surface area contributed by atoms with Crippen molar-refractivity contribution >= 4 is 17.4 Å². The second-order valence-electron chi connectivity index (χ2n) is 5.55. The van der Waals surface area contributed by atoms with E-state index in [0.29, 0.717) is 5.69 Å². The standard InChI is InChI=1S/C14H19N5OS/c1-10-7-11(2)19(16-10)8-12-5-3-4-6-18(12)14(20)13-9-21-17-15-13/h7,9,12H,3-6,8H2,1-2H3/t12-/m1/s1. The van der Waals surface area contributed by atoms with Gasteiger partial charge < -0.3 is 4.90 Å². The lowest BCUT2D eigenvalue weighted by molar-refractivity contribution is 0.0576. The highest BCUT2D eigenvalue weighted by atomic mass is 32.1. The topological polar surface area (TPSA) is 63.9 Å². The summed E-state index contributed by atoms with van der Waals surface area (Å²) in [7, 11) is 0. The third-order valence-corrected chi connectivity index (χ3v) is 4.46. The van der Waals surface area contributed by atoms with E-state index in [0.717, 1.165) is 43.7 Å². The van der Waals surface area contributed by atoms with Crippen LogP contribution in [0.5, 0.6) is 0 Å². The maximum atomic E-state index is 12.6. The van der Waals surface area contributed by atoms with Crippen LogP contribution in [0.25, 0.3) is 0 Å². The van der Waals surface area contributed by atoms with Gasteiger partial charge in [-0.05, 0) is 50.7 Å². The van der Waals surface area contributed by atoms with E-state index in [1.54, 1.807) is 5.38 Å². The van der Waals surface area contributed by atoms with E-state index in [2.05, 4.69) is 27.7 Å². The molecule has 0 aromatic carbocycles. The fourth-order valence-corrected chi connectivity index (χ4v) is 3.35. The predicted molar refractivity (Wildman–Crippen MR) is 80.3 cm³/mol. The van der Waals surface area contributed by atoms with Crippen LogP contribution in [-0.4, -0.2) is 42.8 Å². The molecule has 3 heterocycles. The molecular weight excluding hydrogens is 286 g/mol. The van der Waals surface area contributed by atoms with Crippen LogP contribution >= 0.6 is 11.5 Å². The highest BCUT2D eigenvalue weighted by Crippen LogP contribution is 2.21. The molecule has 0 spiro atoms. The second kappa shape index (κ2) is 5.93. The van der Waals surface area contributed by atoms with Crippen molar-refractivity contribution in [1.82, 2.24) is 24.3 Å². The lowest BCUT2D eigenvalue weighted by Crippen LogP contribution is -2.46. The molecule has 6 nitrogen and oxygen atoms in total. The van der Waals surface area contributed by atoms with Gasteiger partial charge in [-0.25, -0.2) is 0 Å². The Morgan fingerprint density at radius 1 is 1.43 bits per heavy atom. The first kappa shape index (κ1) is 14.2. The highest BCUT2D eigenvalue weighted by Gasteiger charge is 2.29. The Kier molecular flexibility index (Phi) is 4.01. The van der Waals surface area contributed by atoms with Crippen LogP contribution in [-0.2, 0) is 6.54 Å². The number of rotatable bonds is 3. The molecule has 1 aliphatic rings. The van der Waals surface area contributed by atoms with E-state index in [9.17, 15) is 4.79 Å². The number of hydrogen-bond acceptors (Lipinski definition) is 5. The molecule has 7 heteroatoms. The molecule has 3 rings (SSSR count). The van der Waals surface area contributed by atoms with Gasteiger partial charge >= 0.3 is 0 Å². The quantitative estimate of drug-likeness (QED) is 0.870. The second-order valence-corrected chi connectivity index (χ2v) is 6.16. The molecule has 1 amide bonds. The summed E-state index contributed by atoms with van der Waals surface area (Å²) in [5.41, 5.74) is 2.62. The number of carbonyl (C=O) groups excluding carboxylic acids is 1. The van der Waals surface area contributed by atoms with E-state index in [1.165, 1.54) is 11.5 Å². The van der Waals surface area contributed by atoms with Gasteiger partial charge in [-0.15, -0.1) is 5.10 Å². The molecule has 1 aliphatic heterocycles. The number of likely N-dealkylation sites (tertiary alicyclic amines) is 1. The third kappa shape index (κ3) is 2.97. The first-order chi connectivity index (χ1) is 10.1. The molecule has 0 bridgehead atoms. The van der Waals surface area contributed by atoms with Crippen molar-refractivity contribution in [3.8, 4) is 0 Å². The Morgan fingerprint density at radius 3 is 2.95 bits per heavy atom. The van der Waals surface area contributed by atoms with Gasteiger partial charge in [0, 0.05) is 17.6 Å². The van der Waals surface area contributed by atoms with Crippen LogP contribution in [0.4, 0.5) is 0 Å². The molecule has 2 aromatic heterocycles. The molecule has 21 heavy (non-hydrogen) atoms. The maximum Gasteiger partial charge on any atom is 0.275 e. The normalized spacial score (nSPS) is 19.0. The molecular formula is C14H19N5OS. The SMILES string of the molecule is Cc1cc(C)n(C[C@H]2CCCCN2C(=O)c2csnn2)n1. The fourth-order valence-electron chi connectivity index (χ4n) is 2.92. The van der Waals surface area contributed by atoms with Gasteiger partial charge in [-0.3, -0.25) is 9.48 Å². The van der Waals surface area contributed by atoms with Gasteiger partial charge in [0.15, 0.2) is 5.69 Å². The maximum absolute atomic E-state index is 12.6. The number of nitrogens with zero attached hydrogens (tertiary/aromatic N) is 5. The molecule has 1 atom stereocenters. The van der Waals surface area contributed by atoms with E-state index in [-0.39, 0.29) is 11.9 Å². The number of piperidine rings is 1. The van der Waals surface area contributed by atoms with E-state index < -0.39 is 0 Å². The van der Waals surface area contributed by atoms with Gasteiger partial charge in [0.1, 0.15) is 0 Å². The Balaban J connectivity index is 1.78. The van der Waals surface area contributed by atoms with Crippen LogP contribution in [0.3, 0.4) is 0 Å². The van der Waals surface area contributed by atoms with Crippen molar-refractivity contribution in [2.75, 3.05) is 6.54 Å². The van der Waals surface area contributed by atoms with Crippen LogP contribution in [0, 0.1) is 13.8 Å². The van der Waals surface area contributed by atoms with Crippen LogP contribution in [0.15, 0.2) is 11.4 Å². The first-order valence-corrected chi connectivity index (χ1v) is 8.08. The van der Waals surface area contributed by atoms with Crippen molar-refractivity contribution in [3.63, 3.8) is 0 Å². The predicted octanol–water partition coefficient (Wildman–Crippen LogP) is 2.05. The van der Waals surface area contributed by atoms with E-state index in [4.69, 9.17) is 0 Å². The number of aromatic nitrogens is 4. The van der Waals surface area contributed by atoms with Crippen molar-refractivity contribution < 1.29 is 4.79 Å². The molecule has 112 valence electrons. The summed E-state index contributed by atoms with van der Waals surface area (Å²) < 4.78 is 5.80. The Morgan fingerprint density at radius 2 is 2.29 bits per heavy atom. The summed E-state index contributed by atoms with van der Waals surface area (Å²) >= 11 is 1.22. The molecule has 2 aromatic rings. The van der Waals surface area contributed by atoms with Crippen molar-refractivity contribution in [2.45, 2.75) is 45.7 Å². The van der Waals surface area contributed by atoms with Gasteiger partial charge in [0.05, 0.1) is 18.3 Å². The lowest BCUT2D eigenvalue weighted by atomic mass is 10.0. The average molecular weight is 305 g/mol. The minimum Gasteiger partial charge on any atom is -0.332 e. The third-order valence-electron chi connectivity index (χ3n) is 3.95. The molecule has 0 unspecified atom stereocenters. The van der Waals surface area contributed by atoms with Gasteiger partial charge in [0.25, 0.3) is 5.91 Å². The molecule has 1 saturated heterocycles. The lowest BCUT2D eigenvalue weighted by Gasteiger charge is -2.35. The average Bonchev–Trinajstić information content (AvgIpc) is 3.09. The Labute approximate surface area is 127 Å². The number of carbonyl (C=O) groups is 1. The Hall–Kier alpha value is -1.76. The van der Waals surface area contributed by atoms with Gasteiger partial charge in [-0.2, -0.15) is 5.10 Å². The molecule has 1 fully saturated rings. The summed E-state index contributed by atoms with van der Waals surface area (Å²) in [6.45, 7) is 5.59. The van der Waals surface area contributed by atoms with Crippen LogP contribution < -0.4 is 0 Å². The van der Waals surface area contributed by atoms with Gasteiger partial charge in [-0.1, -0.05) is 4.49 Å². The Bertz CT molecular complexity index is 621. The number of amides is 1. The minimum absolute atomic E-state index is 0.00465. The molecule has 0 radical (unpaired) electrons. The summed E-state index contributed by atoms with van der Waals surface area (Å²) in [6, 6.07) is 2.25. The van der Waals surface area contributed by atoms with Crippen molar-refractivity contribution in [2.24, 2.45) is 0 Å². The summed E-state index contributed by atoms with van der Waals surface area (Å²) in [6.07, 6.45) is 3.22. The zero-order chi connectivity index (χ0) is 14.8. The smallest absolute Gasteiger partial charge is 0.275 e. The first-order valence-electron chi connectivity index (χ1n) is 7.24. The van der Waals surface area contributed by atoms with Gasteiger partial charge in [0.2, 0.25) is 0 Å². The summed E-state index contributed by atoms with van der Waals surface area (Å²) in [5, 5.41) is 10.1. The fraction of sp³-hybridized carbons (Fsp3) is 0.571. The zero-order valence-corrected chi connectivity index (χ0v) is 13.1. The summed E-state index contributed by atoms with van der Waals surface area (Å²) in [4.78, 5) is 14.5. The van der Waals surface area contributed by atoms with E-state index in [1.807, 2.05) is 16.5 Å². The molecule has 0 saturated carbocycles. The minimum atomic E-state index is -0.00465. The highest BCUT2D eigenvalue weighted by molar-refractivity contribution is 7.03. The zero-order valence-electron chi connectivity index (χ0n) is 12.3. The van der Waals surface area contributed by atoms with Crippen molar-refractivity contribution in [3.05, 3.63) is 28.5 Å². The monoisotopic (exact) mass is 305 g/mol. The van der Waals surface area contributed by atoms with Crippen LogP contribution in [0.2, 0.25) is 0 Å². The van der Waals surface area contributed by atoms with Crippen LogP contribution in [0.1, 0.15) is 41.1 Å². The number of hydrogen-bond donors (Lipinski definition) is 0. The summed E-state index contributed by atoms with van der Waals surface area (Å²) in [5.74, 6) is -0.00465.